The zero-order valence-electron chi connectivity index (χ0n) is 11.0. The summed E-state index contributed by atoms with van der Waals surface area (Å²) in [6.45, 7) is 3.00. The van der Waals surface area contributed by atoms with Crippen molar-refractivity contribution in [3.05, 3.63) is 52.2 Å². The maximum atomic E-state index is 5.80. The van der Waals surface area contributed by atoms with Crippen molar-refractivity contribution in [3.63, 3.8) is 0 Å². The van der Waals surface area contributed by atoms with Crippen LogP contribution in [0.25, 0.3) is 0 Å². The number of nitrogens with two attached hydrogens (primary N) is 1. The average Bonchev–Trinajstić information content (AvgIpc) is 2.82. The van der Waals surface area contributed by atoms with Crippen molar-refractivity contribution in [3.8, 4) is 0 Å². The Kier molecular flexibility index (Phi) is 4.39. The highest BCUT2D eigenvalue weighted by Gasteiger charge is 2.03. The van der Waals surface area contributed by atoms with Crippen molar-refractivity contribution < 1.29 is 0 Å². The zero-order chi connectivity index (χ0) is 13.0. The molecule has 0 aliphatic rings. The lowest BCUT2D eigenvalue weighted by atomic mass is 10.1. The Bertz CT molecular complexity index is 460. The van der Waals surface area contributed by atoms with Crippen LogP contribution in [0.1, 0.15) is 17.4 Å². The molecule has 2 aromatic rings. The van der Waals surface area contributed by atoms with Crippen LogP contribution < -0.4 is 10.6 Å². The van der Waals surface area contributed by atoms with Gasteiger partial charge in [0.15, 0.2) is 0 Å². The number of thiophene rings is 1. The quantitative estimate of drug-likeness (QED) is 0.894. The summed E-state index contributed by atoms with van der Waals surface area (Å²) in [5.41, 5.74) is 8.35. The minimum atomic E-state index is 0.222. The van der Waals surface area contributed by atoms with Crippen molar-refractivity contribution >= 4 is 17.0 Å². The van der Waals surface area contributed by atoms with E-state index < -0.39 is 0 Å². The van der Waals surface area contributed by atoms with Gasteiger partial charge in [0.25, 0.3) is 0 Å². The molecular formula is C15H20N2S. The van der Waals surface area contributed by atoms with Crippen LogP contribution in [-0.4, -0.2) is 13.1 Å². The van der Waals surface area contributed by atoms with E-state index in [-0.39, 0.29) is 6.04 Å². The molecule has 2 nitrogen and oxygen atoms in total. The van der Waals surface area contributed by atoms with E-state index >= 15 is 0 Å². The first-order chi connectivity index (χ1) is 8.65. The molecule has 3 heteroatoms. The van der Waals surface area contributed by atoms with E-state index in [0.717, 1.165) is 13.0 Å². The van der Waals surface area contributed by atoms with Crippen molar-refractivity contribution in [1.82, 2.24) is 0 Å². The van der Waals surface area contributed by atoms with Crippen LogP contribution in [0.2, 0.25) is 0 Å². The molecule has 0 bridgehead atoms. The first-order valence-electron chi connectivity index (χ1n) is 6.23. The minimum absolute atomic E-state index is 0.222. The molecule has 0 aliphatic heterocycles. The summed E-state index contributed by atoms with van der Waals surface area (Å²) in [4.78, 5) is 3.65. The van der Waals surface area contributed by atoms with E-state index in [4.69, 9.17) is 5.73 Å². The smallest absolute Gasteiger partial charge is 0.0519 e. The third-order valence-corrected chi connectivity index (χ3v) is 3.77. The summed E-state index contributed by atoms with van der Waals surface area (Å²) in [6.07, 6.45) is 0.939. The largest absolute Gasteiger partial charge is 0.369 e. The molecule has 0 fully saturated rings. The van der Waals surface area contributed by atoms with Crippen molar-refractivity contribution in [2.24, 2.45) is 5.73 Å². The number of nitrogens with zero attached hydrogens (tertiary/aromatic N) is 1. The van der Waals surface area contributed by atoms with Crippen LogP contribution in [0.4, 0.5) is 5.69 Å². The van der Waals surface area contributed by atoms with Gasteiger partial charge in [-0.05, 0) is 42.5 Å². The number of benzene rings is 1. The fourth-order valence-corrected chi connectivity index (χ4v) is 2.74. The molecule has 1 aromatic carbocycles. The minimum Gasteiger partial charge on any atom is -0.369 e. The van der Waals surface area contributed by atoms with Gasteiger partial charge in [-0.3, -0.25) is 0 Å². The molecule has 2 rings (SSSR count). The summed E-state index contributed by atoms with van der Waals surface area (Å²) in [5, 5.41) is 2.12. The molecule has 0 saturated carbocycles. The lowest BCUT2D eigenvalue weighted by Gasteiger charge is -2.19. The van der Waals surface area contributed by atoms with Crippen LogP contribution in [0.5, 0.6) is 0 Å². The predicted molar refractivity (Wildman–Crippen MR) is 80.2 cm³/mol. The first-order valence-corrected chi connectivity index (χ1v) is 7.11. The molecule has 0 saturated heterocycles. The van der Waals surface area contributed by atoms with Gasteiger partial charge in [0.05, 0.1) is 6.54 Å². The number of hydrogen-bond donors (Lipinski definition) is 1. The molecule has 1 aromatic heterocycles. The molecular weight excluding hydrogens is 240 g/mol. The molecule has 0 spiro atoms. The highest BCUT2D eigenvalue weighted by molar-refractivity contribution is 7.09. The van der Waals surface area contributed by atoms with Gasteiger partial charge in [-0.25, -0.2) is 0 Å². The SMILES string of the molecule is CC(N)Cc1ccc(N(C)Cc2cccs2)cc1. The zero-order valence-corrected chi connectivity index (χ0v) is 11.8. The Hall–Kier alpha value is -1.32. The standard InChI is InChI=1S/C15H20N2S/c1-12(16)10-13-5-7-14(8-6-13)17(2)11-15-4-3-9-18-15/h3-9,12H,10-11,16H2,1-2H3. The Balaban J connectivity index is 2.00. The van der Waals surface area contributed by atoms with E-state index in [2.05, 4.69) is 53.7 Å². The highest BCUT2D eigenvalue weighted by Crippen LogP contribution is 2.19. The Morgan fingerprint density at radius 1 is 1.22 bits per heavy atom. The number of rotatable bonds is 5. The molecule has 18 heavy (non-hydrogen) atoms. The van der Waals surface area contributed by atoms with Gasteiger partial charge in [-0.2, -0.15) is 0 Å². The van der Waals surface area contributed by atoms with E-state index in [1.807, 2.05) is 6.92 Å². The average molecular weight is 260 g/mol. The number of anilines is 1. The van der Waals surface area contributed by atoms with Crippen LogP contribution in [0, 0.1) is 0 Å². The Labute approximate surface area is 113 Å². The van der Waals surface area contributed by atoms with Gasteiger partial charge < -0.3 is 10.6 Å². The highest BCUT2D eigenvalue weighted by atomic mass is 32.1. The second-order valence-corrected chi connectivity index (χ2v) is 5.82. The fourth-order valence-electron chi connectivity index (χ4n) is 1.99. The lowest BCUT2D eigenvalue weighted by Crippen LogP contribution is -2.18. The van der Waals surface area contributed by atoms with Crippen LogP contribution in [0.15, 0.2) is 41.8 Å². The second kappa shape index (κ2) is 6.03. The fraction of sp³-hybridized carbons (Fsp3) is 0.333. The maximum absolute atomic E-state index is 5.80. The summed E-state index contributed by atoms with van der Waals surface area (Å²) < 4.78 is 0. The van der Waals surface area contributed by atoms with E-state index in [1.54, 1.807) is 11.3 Å². The van der Waals surface area contributed by atoms with Crippen molar-refractivity contribution in [2.75, 3.05) is 11.9 Å². The monoisotopic (exact) mass is 260 g/mol. The summed E-state index contributed by atoms with van der Waals surface area (Å²) >= 11 is 1.80. The Morgan fingerprint density at radius 3 is 2.50 bits per heavy atom. The normalized spacial score (nSPS) is 12.4. The third-order valence-electron chi connectivity index (χ3n) is 2.91. The maximum Gasteiger partial charge on any atom is 0.0519 e. The molecule has 0 aliphatic carbocycles. The molecule has 96 valence electrons. The van der Waals surface area contributed by atoms with Gasteiger partial charge in [0.2, 0.25) is 0 Å². The Morgan fingerprint density at radius 2 is 1.94 bits per heavy atom. The van der Waals surface area contributed by atoms with Crippen LogP contribution in [-0.2, 0) is 13.0 Å². The van der Waals surface area contributed by atoms with Crippen molar-refractivity contribution in [1.29, 1.82) is 0 Å². The summed E-state index contributed by atoms with van der Waals surface area (Å²) in [6, 6.07) is 13.2. The lowest BCUT2D eigenvalue weighted by molar-refractivity contribution is 0.738. The van der Waals surface area contributed by atoms with E-state index in [0.29, 0.717) is 0 Å². The molecule has 1 heterocycles. The summed E-state index contributed by atoms with van der Waals surface area (Å²) in [5.74, 6) is 0. The molecule has 1 atom stereocenters. The molecule has 2 N–H and O–H groups in total. The molecule has 1 unspecified atom stereocenters. The van der Waals surface area contributed by atoms with E-state index in [9.17, 15) is 0 Å². The molecule has 0 radical (unpaired) electrons. The van der Waals surface area contributed by atoms with Gasteiger partial charge in [-0.1, -0.05) is 18.2 Å². The van der Waals surface area contributed by atoms with Gasteiger partial charge in [0, 0.05) is 23.7 Å². The van der Waals surface area contributed by atoms with Gasteiger partial charge >= 0.3 is 0 Å². The first kappa shape index (κ1) is 13.1. The van der Waals surface area contributed by atoms with Gasteiger partial charge in [0.1, 0.15) is 0 Å². The van der Waals surface area contributed by atoms with E-state index in [1.165, 1.54) is 16.1 Å². The summed E-state index contributed by atoms with van der Waals surface area (Å²) in [7, 11) is 2.13. The van der Waals surface area contributed by atoms with Gasteiger partial charge in [-0.15, -0.1) is 11.3 Å². The number of hydrogen-bond acceptors (Lipinski definition) is 3. The van der Waals surface area contributed by atoms with Crippen LogP contribution in [0.3, 0.4) is 0 Å². The second-order valence-electron chi connectivity index (χ2n) is 4.78. The van der Waals surface area contributed by atoms with Crippen molar-refractivity contribution in [2.45, 2.75) is 25.9 Å². The van der Waals surface area contributed by atoms with Crippen LogP contribution >= 0.6 is 11.3 Å². The predicted octanol–water partition coefficient (Wildman–Crippen LogP) is 3.27. The topological polar surface area (TPSA) is 29.3 Å². The molecule has 0 amide bonds. The third kappa shape index (κ3) is 3.59.